The molecule has 8 aromatic rings. The molecule has 8 rings (SSSR count). The van der Waals surface area contributed by atoms with Crippen LogP contribution in [0.15, 0.2) is 206 Å². The molecular formula is C50H42I2N2. The smallest absolute Gasteiger partial charge is 0.213 e. The second-order valence-electron chi connectivity index (χ2n) is 13.2. The molecule has 0 bridgehead atoms. The molecule has 4 heteroatoms. The van der Waals surface area contributed by atoms with Gasteiger partial charge in [0.25, 0.3) is 0 Å². The summed E-state index contributed by atoms with van der Waals surface area (Å²) >= 11 is 0. The number of nitrogens with zero attached hydrogens (tertiary/aromatic N) is 2. The van der Waals surface area contributed by atoms with Gasteiger partial charge < -0.3 is 48.0 Å². The third kappa shape index (κ3) is 8.88. The van der Waals surface area contributed by atoms with Crippen molar-refractivity contribution < 1.29 is 57.1 Å². The maximum atomic E-state index is 2.54. The molecular weight excluding hydrogens is 882 g/mol. The molecule has 0 atom stereocenters. The fourth-order valence-corrected chi connectivity index (χ4v) is 7.25. The van der Waals surface area contributed by atoms with Crippen molar-refractivity contribution in [3.05, 3.63) is 206 Å². The Balaban J connectivity index is 0.00000249. The van der Waals surface area contributed by atoms with Crippen LogP contribution in [0.1, 0.15) is 12.8 Å². The lowest BCUT2D eigenvalue weighted by atomic mass is 9.98. The molecule has 0 saturated carbocycles. The third-order valence-electron chi connectivity index (χ3n) is 9.84. The maximum Gasteiger partial charge on any atom is 0.213 e. The second-order valence-corrected chi connectivity index (χ2v) is 13.2. The van der Waals surface area contributed by atoms with Gasteiger partial charge in [-0.15, -0.1) is 0 Å². The fraction of sp³-hybridized carbons (Fsp3) is 0.0800. The Hall–Kier alpha value is -4.92. The van der Waals surface area contributed by atoms with Crippen molar-refractivity contribution >= 4 is 0 Å². The van der Waals surface area contributed by atoms with Crippen molar-refractivity contribution in [2.45, 2.75) is 25.9 Å². The van der Waals surface area contributed by atoms with E-state index in [2.05, 4.69) is 215 Å². The number of benzene rings is 6. The van der Waals surface area contributed by atoms with E-state index in [0.29, 0.717) is 0 Å². The Morgan fingerprint density at radius 1 is 0.241 bits per heavy atom. The first-order valence-electron chi connectivity index (χ1n) is 18.3. The summed E-state index contributed by atoms with van der Waals surface area (Å²) in [5.41, 5.74) is 14.7. The molecule has 0 aliphatic heterocycles. The van der Waals surface area contributed by atoms with Gasteiger partial charge in [-0.05, 0) is 70.8 Å². The minimum atomic E-state index is 0. The van der Waals surface area contributed by atoms with Gasteiger partial charge in [-0.3, -0.25) is 0 Å². The summed E-state index contributed by atoms with van der Waals surface area (Å²) in [6.45, 7) is 1.79. The Bertz CT molecular complexity index is 2070. The zero-order chi connectivity index (χ0) is 35.0. The number of rotatable bonds is 11. The molecule has 0 unspecified atom stereocenters. The van der Waals surface area contributed by atoms with Crippen LogP contribution in [-0.2, 0) is 13.1 Å². The highest BCUT2D eigenvalue weighted by atomic mass is 127. The van der Waals surface area contributed by atoms with E-state index < -0.39 is 0 Å². The second kappa shape index (κ2) is 18.9. The van der Waals surface area contributed by atoms with Crippen molar-refractivity contribution in [3.8, 4) is 67.3 Å². The zero-order valence-electron chi connectivity index (χ0n) is 30.1. The van der Waals surface area contributed by atoms with Crippen molar-refractivity contribution in [3.63, 3.8) is 0 Å². The van der Waals surface area contributed by atoms with Crippen molar-refractivity contribution in [1.82, 2.24) is 0 Å². The Kier molecular flexibility index (Phi) is 13.6. The SMILES string of the molecule is [I-].[I-].c1ccc(-c2cc(-c3ccccc3)[n+](CCCC[n+]3c(-c4ccccc4)cc(-c4ccccc4)cc3-c3ccccc3)c(-c3ccccc3)c2)cc1. The Morgan fingerprint density at radius 3 is 0.667 bits per heavy atom. The summed E-state index contributed by atoms with van der Waals surface area (Å²) in [5, 5.41) is 0. The van der Waals surface area contributed by atoms with Crippen LogP contribution in [0.5, 0.6) is 0 Å². The molecule has 0 radical (unpaired) electrons. The van der Waals surface area contributed by atoms with Crippen molar-refractivity contribution in [2.24, 2.45) is 0 Å². The van der Waals surface area contributed by atoms with E-state index in [0.717, 1.165) is 25.9 Å². The molecule has 0 spiro atoms. The molecule has 0 fully saturated rings. The van der Waals surface area contributed by atoms with Gasteiger partial charge in [0.15, 0.2) is 0 Å². The first-order valence-corrected chi connectivity index (χ1v) is 18.3. The molecule has 0 amide bonds. The van der Waals surface area contributed by atoms with Gasteiger partial charge in [0.05, 0.1) is 0 Å². The predicted octanol–water partition coefficient (Wildman–Crippen LogP) is 5.75. The molecule has 0 N–H and O–H groups in total. The van der Waals surface area contributed by atoms with Crippen LogP contribution in [0.4, 0.5) is 0 Å². The van der Waals surface area contributed by atoms with E-state index in [9.17, 15) is 0 Å². The van der Waals surface area contributed by atoms with E-state index >= 15 is 0 Å². The first kappa shape index (κ1) is 38.8. The molecule has 266 valence electrons. The number of hydrogen-bond acceptors (Lipinski definition) is 0. The van der Waals surface area contributed by atoms with Crippen LogP contribution in [0.3, 0.4) is 0 Å². The topological polar surface area (TPSA) is 7.76 Å². The molecule has 0 saturated heterocycles. The molecule has 2 heterocycles. The number of aromatic nitrogens is 2. The van der Waals surface area contributed by atoms with Crippen LogP contribution in [0.2, 0.25) is 0 Å². The normalized spacial score (nSPS) is 10.6. The summed E-state index contributed by atoms with van der Waals surface area (Å²) in [4.78, 5) is 0. The Morgan fingerprint density at radius 2 is 0.444 bits per heavy atom. The van der Waals surface area contributed by atoms with Gasteiger partial charge in [-0.25, -0.2) is 0 Å². The lowest BCUT2D eigenvalue weighted by molar-refractivity contribution is -0.687. The fourth-order valence-electron chi connectivity index (χ4n) is 7.25. The minimum absolute atomic E-state index is 0. The van der Waals surface area contributed by atoms with Crippen molar-refractivity contribution in [1.29, 1.82) is 0 Å². The van der Waals surface area contributed by atoms with Gasteiger partial charge in [0.1, 0.15) is 13.1 Å². The standard InChI is InChI=1S/C50H42N2.2HI/c1-7-21-39(22-8-1)45-35-47(41-25-11-3-12-26-41)51(48(36-45)42-27-13-4-14-28-42)33-19-20-34-52-49(43-29-15-5-16-30-43)37-46(40-23-9-2-10-24-40)38-50(52)44-31-17-6-18-32-44;;/h1-18,21-32,35-38H,19-20,33-34H2;2*1H/q+2;;/p-2. The summed E-state index contributed by atoms with van der Waals surface area (Å²) in [7, 11) is 0. The van der Waals surface area contributed by atoms with Crippen LogP contribution in [0.25, 0.3) is 67.3 Å². The van der Waals surface area contributed by atoms with Gasteiger partial charge in [-0.2, -0.15) is 9.13 Å². The van der Waals surface area contributed by atoms with Gasteiger partial charge in [0, 0.05) is 59.4 Å². The summed E-state index contributed by atoms with van der Waals surface area (Å²) < 4.78 is 5.08. The molecule has 6 aromatic carbocycles. The van der Waals surface area contributed by atoms with Crippen LogP contribution >= 0.6 is 0 Å². The van der Waals surface area contributed by atoms with E-state index in [1.54, 1.807) is 0 Å². The van der Waals surface area contributed by atoms with Gasteiger partial charge >= 0.3 is 0 Å². The number of pyridine rings is 2. The average Bonchev–Trinajstić information content (AvgIpc) is 3.24. The van der Waals surface area contributed by atoms with Gasteiger partial charge in [-0.1, -0.05) is 133 Å². The van der Waals surface area contributed by atoms with Gasteiger partial charge in [0.2, 0.25) is 22.8 Å². The van der Waals surface area contributed by atoms with Crippen LogP contribution < -0.4 is 57.1 Å². The van der Waals surface area contributed by atoms with Crippen molar-refractivity contribution in [2.75, 3.05) is 0 Å². The predicted molar refractivity (Wildman–Crippen MR) is 215 cm³/mol. The lowest BCUT2D eigenvalue weighted by Gasteiger charge is -2.14. The monoisotopic (exact) mass is 924 g/mol. The minimum Gasteiger partial charge on any atom is -1.00 e. The zero-order valence-corrected chi connectivity index (χ0v) is 34.4. The lowest BCUT2D eigenvalue weighted by Crippen LogP contribution is -3.00. The third-order valence-corrected chi connectivity index (χ3v) is 9.84. The quantitative estimate of drug-likeness (QED) is 0.0889. The summed E-state index contributed by atoms with van der Waals surface area (Å²) in [6, 6.07) is 74.4. The molecule has 0 aliphatic carbocycles. The van der Waals surface area contributed by atoms with E-state index in [4.69, 9.17) is 0 Å². The highest BCUT2D eigenvalue weighted by Crippen LogP contribution is 2.31. The number of halogens is 2. The highest BCUT2D eigenvalue weighted by Gasteiger charge is 2.25. The molecule has 54 heavy (non-hydrogen) atoms. The van der Waals surface area contributed by atoms with E-state index in [1.807, 2.05) is 0 Å². The van der Waals surface area contributed by atoms with E-state index in [-0.39, 0.29) is 48.0 Å². The largest absolute Gasteiger partial charge is 1.00 e. The summed E-state index contributed by atoms with van der Waals surface area (Å²) in [5.74, 6) is 0. The van der Waals surface area contributed by atoms with E-state index in [1.165, 1.54) is 67.3 Å². The van der Waals surface area contributed by atoms with Crippen LogP contribution in [-0.4, -0.2) is 0 Å². The number of unbranched alkanes of at least 4 members (excludes halogenated alkanes) is 1. The summed E-state index contributed by atoms with van der Waals surface area (Å²) in [6.07, 6.45) is 2.04. The molecule has 0 aliphatic rings. The Labute approximate surface area is 353 Å². The molecule has 2 aromatic heterocycles. The number of hydrogen-bond donors (Lipinski definition) is 0. The maximum absolute atomic E-state index is 2.54. The first-order chi connectivity index (χ1) is 25.8. The highest BCUT2D eigenvalue weighted by molar-refractivity contribution is 5.75. The van der Waals surface area contributed by atoms with Crippen LogP contribution in [0, 0.1) is 0 Å². The average molecular weight is 925 g/mol. The molecule has 2 nitrogen and oxygen atoms in total.